The van der Waals surface area contributed by atoms with E-state index in [0.29, 0.717) is 0 Å². The van der Waals surface area contributed by atoms with Crippen LogP contribution in [0.25, 0.3) is 0 Å². The summed E-state index contributed by atoms with van der Waals surface area (Å²) in [6.07, 6.45) is -111. The lowest BCUT2D eigenvalue weighted by Gasteiger charge is -2.53. The fourth-order valence-electron chi connectivity index (χ4n) is 17.3. The number of nitrogens with one attached hydrogen (secondary N) is 5. The molecule has 10 heterocycles. The second-order valence-corrected chi connectivity index (χ2v) is 34.3. The molecule has 36 N–H and O–H groups in total. The summed E-state index contributed by atoms with van der Waals surface area (Å²) in [6.45, 7) is -10.2. The maximum atomic E-state index is 13.6. The van der Waals surface area contributed by atoms with Gasteiger partial charge in [-0.3, -0.25) is 24.0 Å². The Morgan fingerprint density at radius 1 is 0.248 bits per heavy atom. The van der Waals surface area contributed by atoms with Crippen LogP contribution in [0.15, 0.2) is 0 Å². The van der Waals surface area contributed by atoms with Crippen LogP contribution >= 0.6 is 0 Å². The highest BCUT2D eigenvalue weighted by Gasteiger charge is 2.63. The van der Waals surface area contributed by atoms with Gasteiger partial charge in [-0.2, -0.15) is 0 Å². The van der Waals surface area contributed by atoms with Crippen molar-refractivity contribution in [2.75, 3.05) is 79.3 Å². The minimum atomic E-state index is -2.90. The molecule has 0 unspecified atom stereocenters. The number of hydrogen-bond acceptors (Lipinski definition) is 56. The van der Waals surface area contributed by atoms with Crippen LogP contribution in [-0.2, 0) is 119 Å². The lowest BCUT2D eigenvalue weighted by Crippen LogP contribution is -2.72. The summed E-state index contributed by atoms with van der Waals surface area (Å²) >= 11 is 0. The van der Waals surface area contributed by atoms with Crippen molar-refractivity contribution < 1.29 is 277 Å². The van der Waals surface area contributed by atoms with E-state index in [4.69, 9.17) is 94.7 Å². The predicted molar refractivity (Wildman–Crippen MR) is 423 cm³/mol. The Kier molecular flexibility index (Phi) is 42.4. The largest absolute Gasteiger partial charge is 0.394 e. The van der Waals surface area contributed by atoms with Gasteiger partial charge in [-0.25, -0.2) is 0 Å². The first-order chi connectivity index (χ1) is 64.8. The quantitative estimate of drug-likeness (QED) is 0.0271. The summed E-state index contributed by atoms with van der Waals surface area (Å²) < 4.78 is 122. The summed E-state index contributed by atoms with van der Waals surface area (Å²) in [4.78, 5) is 65.3. The lowest BCUT2D eigenvalue weighted by molar-refractivity contribution is -0.412. The Bertz CT molecular complexity index is 3730. The first kappa shape index (κ1) is 114. The summed E-state index contributed by atoms with van der Waals surface area (Å²) in [6, 6.07) is -10.2. The molecule has 137 heavy (non-hydrogen) atoms. The molecule has 10 saturated heterocycles. The highest BCUT2D eigenvalue weighted by atomic mass is 16.8. The maximum Gasteiger partial charge on any atom is 0.217 e. The van der Waals surface area contributed by atoms with Gasteiger partial charge in [0, 0.05) is 34.6 Å². The molecule has 10 fully saturated rings. The highest BCUT2D eigenvalue weighted by Crippen LogP contribution is 2.42. The average Bonchev–Trinajstić information content (AvgIpc) is 0.726. The van der Waals surface area contributed by atoms with Gasteiger partial charge in [0.1, 0.15) is 262 Å². The third kappa shape index (κ3) is 26.2. The molecule has 10 rings (SSSR count). The van der Waals surface area contributed by atoms with E-state index in [1.54, 1.807) is 0 Å². The molecule has 0 aromatic heterocycles. The molecule has 10 aliphatic heterocycles. The van der Waals surface area contributed by atoms with Gasteiger partial charge < -0.3 is 280 Å². The van der Waals surface area contributed by atoms with Gasteiger partial charge in [0.2, 0.25) is 29.5 Å². The first-order valence-electron chi connectivity index (χ1n) is 43.6. The van der Waals surface area contributed by atoms with Crippen LogP contribution in [0.4, 0.5) is 0 Å². The molecule has 0 aromatic carbocycles. The number of amides is 5. The third-order valence-electron chi connectivity index (χ3n) is 24.6. The fourth-order valence-corrected chi connectivity index (χ4v) is 17.3. The van der Waals surface area contributed by atoms with Crippen LogP contribution in [0.1, 0.15) is 34.6 Å². The molecule has 10 aliphatic rings. The molecule has 54 atom stereocenters. The van der Waals surface area contributed by atoms with Crippen LogP contribution in [0.3, 0.4) is 0 Å². The van der Waals surface area contributed by atoms with Crippen LogP contribution in [0.2, 0.25) is 0 Å². The summed E-state index contributed by atoms with van der Waals surface area (Å²) in [5.74, 6) is -5.08. The highest BCUT2D eigenvalue weighted by molar-refractivity contribution is 5.75. The Morgan fingerprint density at radius 3 is 0.934 bits per heavy atom. The molecule has 0 spiro atoms. The van der Waals surface area contributed by atoms with Gasteiger partial charge in [-0.1, -0.05) is 0 Å². The molecule has 794 valence electrons. The van der Waals surface area contributed by atoms with Gasteiger partial charge in [0.25, 0.3) is 0 Å². The molecular weight excluding hydrogens is 1880 g/mol. The van der Waals surface area contributed by atoms with Crippen molar-refractivity contribution in [3.63, 3.8) is 0 Å². The second kappa shape index (κ2) is 50.9. The number of rotatable bonds is 40. The molecular formula is C76H129N5O56. The van der Waals surface area contributed by atoms with Crippen molar-refractivity contribution >= 4 is 29.5 Å². The van der Waals surface area contributed by atoms with E-state index in [2.05, 4.69) is 26.6 Å². The number of aliphatic hydroxyl groups excluding tert-OH is 31. The Balaban J connectivity index is 1.14. The smallest absolute Gasteiger partial charge is 0.217 e. The molecule has 0 aromatic rings. The zero-order chi connectivity index (χ0) is 101. The van der Waals surface area contributed by atoms with E-state index in [-0.39, 0.29) is 0 Å². The van der Waals surface area contributed by atoms with Gasteiger partial charge in [0.05, 0.1) is 85.3 Å². The van der Waals surface area contributed by atoms with Crippen molar-refractivity contribution in [3.05, 3.63) is 0 Å². The van der Waals surface area contributed by atoms with Crippen molar-refractivity contribution in [2.24, 2.45) is 0 Å². The van der Waals surface area contributed by atoms with Crippen LogP contribution in [0, 0.1) is 0 Å². The topological polar surface area (TPSA) is 957 Å². The van der Waals surface area contributed by atoms with E-state index >= 15 is 0 Å². The van der Waals surface area contributed by atoms with Crippen molar-refractivity contribution in [1.29, 1.82) is 0 Å². The number of carbonyl (C=O) groups is 5. The average molecular weight is 2010 g/mol. The van der Waals surface area contributed by atoms with Crippen molar-refractivity contribution in [3.8, 4) is 0 Å². The standard InChI is InChI=1S/C76H129N5O56/c1-18(92)77-23(6-82)39(98)59(24(97)7-83)130-69-37(80-21(4)95)48(107)61(31(14-90)125-69)133-75-58(117)65(136-76-66(137-68-36(79-20(3)94)47(106)41(100)26(9-85)121-68)56(115)62(32(15-91)127-76)131-70-38(81-22(5)96)49(108)60(30(13-89)126-70)132-73-54(113)51(110)43(102)28(11-87)123-73)63(134-67-35(78-19(2)93)46(105)40(99)25(8-84)120-67)34(129-75)17-119-72-57(116)64(135-74-55(114)52(111)44(103)29(12-88)124-74)45(104)33(128-72)16-118-71-53(112)50(109)42(101)27(10-86)122-71/h23-76,82-91,97-117H,6-17H2,1-5H3,(H,77,92)(H,78,93)(H,79,94)(H,80,95)(H,81,96)/t23-,24+,25+,26+,27+,28+,29+,30+,31+,32+,33+,34+,35+,36+,37+,38+,39+,40+,41+,42+,43-,44+,45+,46+,47+,48+,49+,50-,51-,52-,53-,54+,55-,56-,57-,58-,59+,60+,61+,62+,63+,64-,65+,66-,67-,68-,69-,70-,71-,72-,73-,74+,75-,76+/m0/s1. The van der Waals surface area contributed by atoms with Crippen molar-refractivity contribution in [2.45, 2.75) is 366 Å². The third-order valence-corrected chi connectivity index (χ3v) is 24.6. The Hall–Kier alpha value is -4.69. The number of hydrogen-bond donors (Lipinski definition) is 36. The Morgan fingerprint density at radius 2 is 0.533 bits per heavy atom. The SMILES string of the molecule is CC(=O)N[C@H]1[C@H](O[C@@H]([C@H](O)[C@H](CO)NC(C)=O)[C@H](O)CO)O[C@H](CO)[C@@H](O[C@@H]2O[C@H](CO[C@H]3O[C@H](CO[C@H]4O[C@H](CO)[C@@H](O)[C@H](O)[C@@H]4O)[C@@H](O)[C@H](O[C@H]4O[C@H](CO)[C@@H](O)[C@H](O)[C@@H]4O)[C@@H]3O)[C@@H](O[C@@H]3O[C@H](CO)[C@@H](O)[C@H](O)[C@H]3NC(C)=O)[C@H](O[C@H]3O[C@H](CO)[C@@H](O[C@@H]4O[C@H](CO)[C@@H](O[C@@H]5O[C@H](CO)[C@H](O)[C@H](O)[C@H]5O)[C@H](O)[C@H]4NC(C)=O)[C@H](O)[C@@H]3O[C@@H]3O[C@H](CO)[C@@H](O)[C@H](O)[C@H]3NC(C)=O)[C@@H]2O)[C@@H]1O. The normalized spacial score (nSPS) is 46.5. The van der Waals surface area contributed by atoms with E-state index < -0.39 is 440 Å². The van der Waals surface area contributed by atoms with Crippen LogP contribution < -0.4 is 26.6 Å². The van der Waals surface area contributed by atoms with E-state index in [1.807, 2.05) is 0 Å². The molecule has 5 amide bonds. The fraction of sp³-hybridized carbons (Fsp3) is 0.934. The number of ether oxygens (including phenoxy) is 20. The molecule has 0 saturated carbocycles. The van der Waals surface area contributed by atoms with E-state index in [9.17, 15) is 182 Å². The zero-order valence-corrected chi connectivity index (χ0v) is 73.7. The molecule has 61 nitrogen and oxygen atoms in total. The molecule has 0 bridgehead atoms. The van der Waals surface area contributed by atoms with Gasteiger partial charge in [-0.05, 0) is 0 Å². The predicted octanol–water partition coefficient (Wildman–Crippen LogP) is -24.6. The molecule has 0 aliphatic carbocycles. The van der Waals surface area contributed by atoms with E-state index in [0.717, 1.165) is 34.6 Å². The molecule has 61 heteroatoms. The summed E-state index contributed by atoms with van der Waals surface area (Å²) in [7, 11) is 0. The minimum Gasteiger partial charge on any atom is -0.394 e. The first-order valence-corrected chi connectivity index (χ1v) is 43.6. The summed E-state index contributed by atoms with van der Waals surface area (Å²) in [5, 5.41) is 361. The van der Waals surface area contributed by atoms with Gasteiger partial charge >= 0.3 is 0 Å². The second-order valence-electron chi connectivity index (χ2n) is 34.3. The minimum absolute atomic E-state index is 0.855. The monoisotopic (exact) mass is 2010 g/mol. The number of carbonyl (C=O) groups excluding carboxylic acids is 5. The Labute approximate surface area is 776 Å². The van der Waals surface area contributed by atoms with Gasteiger partial charge in [-0.15, -0.1) is 0 Å². The lowest BCUT2D eigenvalue weighted by atomic mass is 9.93. The van der Waals surface area contributed by atoms with E-state index in [1.165, 1.54) is 0 Å². The van der Waals surface area contributed by atoms with Gasteiger partial charge in [0.15, 0.2) is 62.9 Å². The zero-order valence-electron chi connectivity index (χ0n) is 73.7. The van der Waals surface area contributed by atoms with Crippen LogP contribution in [-0.4, -0.2) is 598 Å². The maximum absolute atomic E-state index is 13.6. The van der Waals surface area contributed by atoms with Crippen molar-refractivity contribution in [1.82, 2.24) is 26.6 Å². The molecule has 0 radical (unpaired) electrons. The number of aliphatic hydroxyl groups is 31. The van der Waals surface area contributed by atoms with Crippen LogP contribution in [0.5, 0.6) is 0 Å². The summed E-state index contributed by atoms with van der Waals surface area (Å²) in [5.41, 5.74) is 0.